The van der Waals surface area contributed by atoms with Gasteiger partial charge in [-0.3, -0.25) is 19.2 Å². The lowest BCUT2D eigenvalue weighted by molar-refractivity contribution is -0.128. The van der Waals surface area contributed by atoms with Gasteiger partial charge >= 0.3 is 0 Å². The van der Waals surface area contributed by atoms with Crippen LogP contribution in [0.2, 0.25) is 0 Å². The summed E-state index contributed by atoms with van der Waals surface area (Å²) in [7, 11) is 0. The minimum atomic E-state index is -0.457. The van der Waals surface area contributed by atoms with E-state index in [1.54, 1.807) is 0 Å². The standard InChI is InChI=1S/C15H24N4O4/c20-12-7-5-3-1-2-4-6-8-16-13(21)9-18-15(23)11-19-14(22)10-17-12/h1,3H,2,4-11H2,(H,16,21)(H,17,20)(H,18,23)(H,19,22)/b3-1-. The molecule has 0 radical (unpaired) electrons. The van der Waals surface area contributed by atoms with Crippen LogP contribution in [0.15, 0.2) is 12.2 Å². The van der Waals surface area contributed by atoms with E-state index in [1.807, 2.05) is 12.2 Å². The van der Waals surface area contributed by atoms with Crippen molar-refractivity contribution in [3.8, 4) is 0 Å². The van der Waals surface area contributed by atoms with Gasteiger partial charge in [-0.1, -0.05) is 12.2 Å². The minimum Gasteiger partial charge on any atom is -0.355 e. The molecule has 23 heavy (non-hydrogen) atoms. The fourth-order valence-corrected chi connectivity index (χ4v) is 1.88. The molecule has 4 N–H and O–H groups in total. The van der Waals surface area contributed by atoms with Crippen LogP contribution in [-0.2, 0) is 19.2 Å². The smallest absolute Gasteiger partial charge is 0.239 e. The molecule has 1 aliphatic rings. The molecule has 0 saturated heterocycles. The second kappa shape index (κ2) is 11.2. The number of rotatable bonds is 0. The predicted molar refractivity (Wildman–Crippen MR) is 84.3 cm³/mol. The highest BCUT2D eigenvalue weighted by Gasteiger charge is 2.08. The molecule has 0 aromatic heterocycles. The average molecular weight is 324 g/mol. The molecule has 0 aromatic carbocycles. The third-order valence-corrected chi connectivity index (χ3v) is 3.16. The van der Waals surface area contributed by atoms with Gasteiger partial charge in [-0.05, 0) is 25.7 Å². The lowest BCUT2D eigenvalue weighted by Gasteiger charge is -2.08. The summed E-state index contributed by atoms with van der Waals surface area (Å²) >= 11 is 0. The molecule has 0 saturated carbocycles. The van der Waals surface area contributed by atoms with Gasteiger partial charge in [0.2, 0.25) is 23.6 Å². The minimum absolute atomic E-state index is 0.120. The molecular weight excluding hydrogens is 300 g/mol. The number of carbonyl (C=O) groups is 4. The van der Waals surface area contributed by atoms with Crippen LogP contribution in [0.3, 0.4) is 0 Å². The highest BCUT2D eigenvalue weighted by atomic mass is 16.2. The van der Waals surface area contributed by atoms with Gasteiger partial charge in [0.1, 0.15) is 0 Å². The summed E-state index contributed by atoms with van der Waals surface area (Å²) in [5.74, 6) is -1.37. The molecule has 0 atom stereocenters. The molecule has 8 nitrogen and oxygen atoms in total. The Hall–Kier alpha value is -2.38. The SMILES string of the molecule is O=C1CC/C=C\CCCCNC(=O)CNC(=O)CNC(=O)CN1. The second-order valence-corrected chi connectivity index (χ2v) is 5.19. The Labute approximate surface area is 135 Å². The summed E-state index contributed by atoms with van der Waals surface area (Å²) in [6.07, 6.45) is 7.56. The Bertz CT molecular complexity index is 462. The van der Waals surface area contributed by atoms with Crippen LogP contribution in [0.25, 0.3) is 0 Å². The predicted octanol–water partition coefficient (Wildman–Crippen LogP) is -1.03. The third-order valence-electron chi connectivity index (χ3n) is 3.16. The van der Waals surface area contributed by atoms with Crippen molar-refractivity contribution in [1.29, 1.82) is 0 Å². The summed E-state index contributed by atoms with van der Waals surface area (Å²) in [6, 6.07) is 0. The van der Waals surface area contributed by atoms with Gasteiger partial charge in [0, 0.05) is 13.0 Å². The number of carbonyl (C=O) groups excluding carboxylic acids is 4. The van der Waals surface area contributed by atoms with E-state index in [9.17, 15) is 19.2 Å². The topological polar surface area (TPSA) is 116 Å². The Balaban J connectivity index is 2.44. The third kappa shape index (κ3) is 10.0. The molecule has 4 amide bonds. The van der Waals surface area contributed by atoms with E-state index in [0.717, 1.165) is 19.3 Å². The van der Waals surface area contributed by atoms with Crippen molar-refractivity contribution in [2.75, 3.05) is 26.2 Å². The Morgan fingerprint density at radius 2 is 1.13 bits per heavy atom. The summed E-state index contributed by atoms with van der Waals surface area (Å²) in [5.41, 5.74) is 0. The van der Waals surface area contributed by atoms with Crippen LogP contribution in [0.5, 0.6) is 0 Å². The molecule has 1 rings (SSSR count). The van der Waals surface area contributed by atoms with Gasteiger partial charge in [0.25, 0.3) is 0 Å². The highest BCUT2D eigenvalue weighted by molar-refractivity contribution is 5.89. The molecule has 0 spiro atoms. The van der Waals surface area contributed by atoms with E-state index in [4.69, 9.17) is 0 Å². The van der Waals surface area contributed by atoms with Gasteiger partial charge in [-0.25, -0.2) is 0 Å². The maximum Gasteiger partial charge on any atom is 0.239 e. The quantitative estimate of drug-likeness (QED) is 0.426. The molecular formula is C15H24N4O4. The van der Waals surface area contributed by atoms with E-state index in [1.165, 1.54) is 0 Å². The first-order valence-electron chi connectivity index (χ1n) is 7.79. The molecule has 1 heterocycles. The first-order valence-corrected chi connectivity index (χ1v) is 7.79. The number of hydrogen-bond acceptors (Lipinski definition) is 4. The summed E-state index contributed by atoms with van der Waals surface area (Å²) in [4.78, 5) is 46.0. The van der Waals surface area contributed by atoms with Crippen molar-refractivity contribution in [2.45, 2.75) is 32.1 Å². The molecule has 128 valence electrons. The lowest BCUT2D eigenvalue weighted by Crippen LogP contribution is -2.44. The fourth-order valence-electron chi connectivity index (χ4n) is 1.88. The summed E-state index contributed by atoms with van der Waals surface area (Å²) in [5, 5.41) is 9.98. The van der Waals surface area contributed by atoms with E-state index >= 15 is 0 Å². The monoisotopic (exact) mass is 324 g/mol. The second-order valence-electron chi connectivity index (χ2n) is 5.19. The number of amides is 4. The largest absolute Gasteiger partial charge is 0.355 e. The van der Waals surface area contributed by atoms with E-state index < -0.39 is 11.8 Å². The van der Waals surface area contributed by atoms with Crippen molar-refractivity contribution in [3.05, 3.63) is 12.2 Å². The summed E-state index contributed by atoms with van der Waals surface area (Å²) < 4.78 is 0. The van der Waals surface area contributed by atoms with Crippen LogP contribution in [0.1, 0.15) is 32.1 Å². The fraction of sp³-hybridized carbons (Fsp3) is 0.600. The average Bonchev–Trinajstić information content (AvgIpc) is 2.53. The highest BCUT2D eigenvalue weighted by Crippen LogP contribution is 1.98. The molecule has 0 bridgehead atoms. The van der Waals surface area contributed by atoms with Gasteiger partial charge in [0.15, 0.2) is 0 Å². The zero-order valence-corrected chi connectivity index (χ0v) is 13.2. The normalized spacial score (nSPS) is 21.6. The van der Waals surface area contributed by atoms with Crippen molar-refractivity contribution >= 4 is 23.6 Å². The van der Waals surface area contributed by atoms with Crippen LogP contribution >= 0.6 is 0 Å². The zero-order valence-electron chi connectivity index (χ0n) is 13.2. The lowest BCUT2D eigenvalue weighted by atomic mass is 10.2. The van der Waals surface area contributed by atoms with E-state index in [2.05, 4.69) is 21.3 Å². The van der Waals surface area contributed by atoms with Gasteiger partial charge in [-0.2, -0.15) is 0 Å². The maximum atomic E-state index is 11.5. The number of nitrogens with one attached hydrogen (secondary N) is 4. The molecule has 8 heteroatoms. The van der Waals surface area contributed by atoms with Crippen molar-refractivity contribution in [1.82, 2.24) is 21.3 Å². The van der Waals surface area contributed by atoms with E-state index in [-0.39, 0.29) is 31.4 Å². The van der Waals surface area contributed by atoms with Crippen LogP contribution in [-0.4, -0.2) is 49.8 Å². The van der Waals surface area contributed by atoms with Gasteiger partial charge < -0.3 is 21.3 Å². The zero-order chi connectivity index (χ0) is 16.9. The van der Waals surface area contributed by atoms with Gasteiger partial charge in [-0.15, -0.1) is 0 Å². The van der Waals surface area contributed by atoms with Gasteiger partial charge in [0.05, 0.1) is 19.6 Å². The molecule has 0 aromatic rings. The number of allylic oxidation sites excluding steroid dienone is 2. The Morgan fingerprint density at radius 3 is 1.78 bits per heavy atom. The Kier molecular flexibility index (Phi) is 9.11. The van der Waals surface area contributed by atoms with Crippen molar-refractivity contribution in [2.24, 2.45) is 0 Å². The van der Waals surface area contributed by atoms with Crippen LogP contribution < -0.4 is 21.3 Å². The van der Waals surface area contributed by atoms with Crippen LogP contribution in [0.4, 0.5) is 0 Å². The molecule has 0 aliphatic carbocycles. The first kappa shape index (κ1) is 18.7. The van der Waals surface area contributed by atoms with Crippen molar-refractivity contribution in [3.63, 3.8) is 0 Å². The summed E-state index contributed by atoms with van der Waals surface area (Å²) in [6.45, 7) is 0.0358. The van der Waals surface area contributed by atoms with Crippen LogP contribution in [0, 0.1) is 0 Å². The van der Waals surface area contributed by atoms with E-state index in [0.29, 0.717) is 19.4 Å². The molecule has 1 aliphatic heterocycles. The van der Waals surface area contributed by atoms with Crippen molar-refractivity contribution < 1.29 is 19.2 Å². The first-order chi connectivity index (χ1) is 11.1. The maximum absolute atomic E-state index is 11.5. The Morgan fingerprint density at radius 1 is 0.609 bits per heavy atom. The number of hydrogen-bond donors (Lipinski definition) is 4. The molecule has 0 unspecified atom stereocenters. The molecule has 0 fully saturated rings.